The molecule has 0 aliphatic heterocycles. The molecule has 0 spiro atoms. The fourth-order valence-electron chi connectivity index (χ4n) is 3.12. The molecule has 2 bridgehead atoms. The Bertz CT molecular complexity index is 138. The van der Waals surface area contributed by atoms with E-state index in [-0.39, 0.29) is 0 Å². The normalized spacial score (nSPS) is 44.0. The summed E-state index contributed by atoms with van der Waals surface area (Å²) in [4.78, 5) is 0. The summed E-state index contributed by atoms with van der Waals surface area (Å²) >= 11 is 0. The van der Waals surface area contributed by atoms with Crippen LogP contribution in [0.3, 0.4) is 0 Å². The van der Waals surface area contributed by atoms with Gasteiger partial charge in [0, 0.05) is 0 Å². The van der Waals surface area contributed by atoms with Crippen LogP contribution in [0.1, 0.15) is 66.2 Å². The summed E-state index contributed by atoms with van der Waals surface area (Å²) in [6.45, 7) is 8.86. The minimum Gasteiger partial charge on any atom is -0.0683 e. The topological polar surface area (TPSA) is 0 Å². The predicted molar refractivity (Wildman–Crippen MR) is 55.3 cm³/mol. The maximum absolute atomic E-state index is 2.48. The lowest BCUT2D eigenvalue weighted by atomic mass is 9.81. The molecule has 2 saturated carbocycles. The number of fused-ring (bicyclic) bond motifs is 2. The molecule has 2 rings (SSSR count). The Morgan fingerprint density at radius 1 is 1.00 bits per heavy atom. The number of rotatable bonds is 1. The van der Waals surface area contributed by atoms with Crippen molar-refractivity contribution in [3.05, 3.63) is 0 Å². The van der Waals surface area contributed by atoms with Crippen LogP contribution in [0.5, 0.6) is 0 Å². The molecule has 0 aromatic heterocycles. The van der Waals surface area contributed by atoms with E-state index >= 15 is 0 Å². The molecule has 0 nitrogen and oxygen atoms in total. The van der Waals surface area contributed by atoms with Gasteiger partial charge in [0.2, 0.25) is 0 Å². The first-order valence-electron chi connectivity index (χ1n) is 5.68. The zero-order chi connectivity index (χ0) is 9.24. The predicted octanol–water partition coefficient (Wildman–Crippen LogP) is 4.39. The Labute approximate surface area is 77.7 Å². The van der Waals surface area contributed by atoms with Crippen molar-refractivity contribution in [3.8, 4) is 0 Å². The van der Waals surface area contributed by atoms with Crippen LogP contribution in [0.4, 0.5) is 0 Å². The fourth-order valence-corrected chi connectivity index (χ4v) is 3.12. The van der Waals surface area contributed by atoms with Gasteiger partial charge < -0.3 is 0 Å². The van der Waals surface area contributed by atoms with Crippen LogP contribution < -0.4 is 0 Å². The Morgan fingerprint density at radius 2 is 1.50 bits per heavy atom. The molecule has 12 heavy (non-hydrogen) atoms. The molecule has 0 amide bonds. The summed E-state index contributed by atoms with van der Waals surface area (Å²) in [5, 5.41) is 0. The highest BCUT2D eigenvalue weighted by molar-refractivity contribution is 5.01. The van der Waals surface area contributed by atoms with E-state index < -0.39 is 0 Å². The average molecular weight is 168 g/mol. The smallest absolute Gasteiger partial charge is 0.0295 e. The van der Waals surface area contributed by atoms with Gasteiger partial charge in [0.1, 0.15) is 0 Å². The second-order valence-corrected chi connectivity index (χ2v) is 4.84. The van der Waals surface area contributed by atoms with Crippen LogP contribution in [-0.4, -0.2) is 0 Å². The van der Waals surface area contributed by atoms with Gasteiger partial charge in [-0.2, -0.15) is 0 Å². The molecule has 0 radical (unpaired) electrons. The summed E-state index contributed by atoms with van der Waals surface area (Å²) in [6.07, 6.45) is 9.06. The lowest BCUT2D eigenvalue weighted by Crippen LogP contribution is -2.11. The SMILES string of the molecule is CC.CCC12CCC(C)(CC1)C2. The number of hydrogen-bond donors (Lipinski definition) is 0. The molecule has 2 fully saturated rings. The van der Waals surface area contributed by atoms with Crippen molar-refractivity contribution >= 4 is 0 Å². The van der Waals surface area contributed by atoms with E-state index in [9.17, 15) is 0 Å². The highest BCUT2D eigenvalue weighted by atomic mass is 14.5. The molecule has 0 saturated heterocycles. The van der Waals surface area contributed by atoms with E-state index in [4.69, 9.17) is 0 Å². The van der Waals surface area contributed by atoms with E-state index in [1.165, 1.54) is 38.5 Å². The largest absolute Gasteiger partial charge is 0.0683 e. The van der Waals surface area contributed by atoms with Gasteiger partial charge in [-0.15, -0.1) is 0 Å². The van der Waals surface area contributed by atoms with E-state index in [1.807, 2.05) is 13.8 Å². The lowest BCUT2D eigenvalue weighted by Gasteiger charge is -2.24. The summed E-state index contributed by atoms with van der Waals surface area (Å²) in [5.41, 5.74) is 1.59. The highest BCUT2D eigenvalue weighted by Gasteiger charge is 2.50. The monoisotopic (exact) mass is 168 g/mol. The lowest BCUT2D eigenvalue weighted by molar-refractivity contribution is 0.276. The molecular formula is C12H24. The summed E-state index contributed by atoms with van der Waals surface area (Å²) < 4.78 is 0. The third kappa shape index (κ3) is 1.53. The van der Waals surface area contributed by atoms with Gasteiger partial charge in [-0.3, -0.25) is 0 Å². The van der Waals surface area contributed by atoms with Crippen LogP contribution in [0, 0.1) is 10.8 Å². The zero-order valence-corrected chi connectivity index (χ0v) is 9.24. The van der Waals surface area contributed by atoms with Gasteiger partial charge >= 0.3 is 0 Å². The van der Waals surface area contributed by atoms with Crippen LogP contribution in [0.15, 0.2) is 0 Å². The first kappa shape index (κ1) is 10.1. The average Bonchev–Trinajstić information content (AvgIpc) is 2.62. The van der Waals surface area contributed by atoms with Gasteiger partial charge in [-0.1, -0.05) is 34.1 Å². The summed E-state index contributed by atoms with van der Waals surface area (Å²) in [5.74, 6) is 0. The van der Waals surface area contributed by atoms with Crippen molar-refractivity contribution in [3.63, 3.8) is 0 Å². The number of hydrogen-bond acceptors (Lipinski definition) is 0. The van der Waals surface area contributed by atoms with Crippen molar-refractivity contribution in [2.75, 3.05) is 0 Å². The standard InChI is InChI=1S/C10H18.C2H6/c1-3-10-6-4-9(2,8-10)5-7-10;1-2/h3-8H2,1-2H3;1-2H3. The van der Waals surface area contributed by atoms with Crippen molar-refractivity contribution in [2.24, 2.45) is 10.8 Å². The zero-order valence-electron chi connectivity index (χ0n) is 9.24. The van der Waals surface area contributed by atoms with E-state index in [0.29, 0.717) is 0 Å². The highest BCUT2D eigenvalue weighted by Crippen LogP contribution is 2.62. The van der Waals surface area contributed by atoms with Crippen molar-refractivity contribution in [2.45, 2.75) is 66.2 Å². The van der Waals surface area contributed by atoms with Crippen LogP contribution in [0.25, 0.3) is 0 Å². The summed E-state index contributed by atoms with van der Waals surface area (Å²) in [7, 11) is 0. The molecule has 2 aliphatic rings. The molecule has 0 heterocycles. The molecule has 0 aromatic carbocycles. The van der Waals surface area contributed by atoms with Gasteiger partial charge in [-0.25, -0.2) is 0 Å². The van der Waals surface area contributed by atoms with Gasteiger partial charge in [-0.05, 0) is 42.9 Å². The molecule has 2 aliphatic carbocycles. The molecule has 0 atom stereocenters. The van der Waals surface area contributed by atoms with E-state index in [0.717, 1.165) is 10.8 Å². The van der Waals surface area contributed by atoms with Gasteiger partial charge in [0.05, 0.1) is 0 Å². The Kier molecular flexibility index (Phi) is 2.85. The summed E-state index contributed by atoms with van der Waals surface area (Å²) in [6, 6.07) is 0. The molecule has 0 aromatic rings. The second kappa shape index (κ2) is 3.40. The molecule has 72 valence electrons. The third-order valence-electron chi connectivity index (χ3n) is 4.07. The molecule has 0 unspecified atom stereocenters. The van der Waals surface area contributed by atoms with Crippen LogP contribution >= 0.6 is 0 Å². The maximum atomic E-state index is 2.48. The second-order valence-electron chi connectivity index (χ2n) is 4.84. The van der Waals surface area contributed by atoms with Crippen molar-refractivity contribution in [1.29, 1.82) is 0 Å². The van der Waals surface area contributed by atoms with Crippen molar-refractivity contribution in [1.82, 2.24) is 0 Å². The van der Waals surface area contributed by atoms with E-state index in [1.54, 1.807) is 0 Å². The van der Waals surface area contributed by atoms with Gasteiger partial charge in [0.15, 0.2) is 0 Å². The maximum Gasteiger partial charge on any atom is -0.0295 e. The van der Waals surface area contributed by atoms with Gasteiger partial charge in [0.25, 0.3) is 0 Å². The fraction of sp³-hybridized carbons (Fsp3) is 1.00. The quantitative estimate of drug-likeness (QED) is 0.544. The Morgan fingerprint density at radius 3 is 1.67 bits per heavy atom. The van der Waals surface area contributed by atoms with Crippen LogP contribution in [0.2, 0.25) is 0 Å². The minimum atomic E-state index is 0.774. The Hall–Kier alpha value is 0. The molecule has 0 N–H and O–H groups in total. The Balaban J connectivity index is 0.000000336. The third-order valence-corrected chi connectivity index (χ3v) is 4.07. The molecular weight excluding hydrogens is 144 g/mol. The first-order valence-corrected chi connectivity index (χ1v) is 5.68. The first-order chi connectivity index (χ1) is 5.68. The van der Waals surface area contributed by atoms with Crippen molar-refractivity contribution < 1.29 is 0 Å². The van der Waals surface area contributed by atoms with E-state index in [2.05, 4.69) is 13.8 Å². The molecule has 0 heteroatoms. The minimum absolute atomic E-state index is 0.774. The van der Waals surface area contributed by atoms with Crippen LogP contribution in [-0.2, 0) is 0 Å².